The highest BCUT2D eigenvalue weighted by atomic mass is 35.5. The van der Waals surface area contributed by atoms with Crippen molar-refractivity contribution < 1.29 is 0 Å². The Kier molecular flexibility index (Phi) is 4.41. The first-order valence-corrected chi connectivity index (χ1v) is 8.65. The second-order valence-electron chi connectivity index (χ2n) is 5.96. The standard InChI is InChI=1S/C21H13ClN4O/c22-20-17(13-24-26(21(20)27)15-7-2-1-3-8-15)16(12-23)19-11-10-14-6-4-5-9-18(14)25-19/h1-11,13,16H. The van der Waals surface area contributed by atoms with Gasteiger partial charge >= 0.3 is 0 Å². The Hall–Kier alpha value is -3.49. The van der Waals surface area contributed by atoms with E-state index in [2.05, 4.69) is 16.2 Å². The van der Waals surface area contributed by atoms with E-state index < -0.39 is 11.5 Å². The van der Waals surface area contributed by atoms with Crippen molar-refractivity contribution >= 4 is 22.5 Å². The minimum Gasteiger partial charge on any atom is -0.266 e. The fourth-order valence-corrected chi connectivity index (χ4v) is 3.18. The molecule has 0 amide bonds. The van der Waals surface area contributed by atoms with Crippen LogP contribution in [0, 0.1) is 11.3 Å². The van der Waals surface area contributed by atoms with Gasteiger partial charge in [-0.25, -0.2) is 0 Å². The SMILES string of the molecule is N#CC(c1ccc2ccccc2n1)c1cnn(-c2ccccc2)c(=O)c1Cl. The number of halogens is 1. The summed E-state index contributed by atoms with van der Waals surface area (Å²) in [5, 5.41) is 14.9. The van der Waals surface area contributed by atoms with Gasteiger partial charge in [-0.3, -0.25) is 9.78 Å². The van der Waals surface area contributed by atoms with E-state index >= 15 is 0 Å². The fourth-order valence-electron chi connectivity index (χ4n) is 2.94. The van der Waals surface area contributed by atoms with Crippen molar-refractivity contribution in [2.24, 2.45) is 0 Å². The fraction of sp³-hybridized carbons (Fsp3) is 0.0476. The van der Waals surface area contributed by atoms with Crippen LogP contribution in [-0.2, 0) is 0 Å². The van der Waals surface area contributed by atoms with Crippen LogP contribution >= 0.6 is 11.6 Å². The molecule has 0 aliphatic carbocycles. The molecule has 0 saturated carbocycles. The molecule has 0 fully saturated rings. The van der Waals surface area contributed by atoms with E-state index in [4.69, 9.17) is 11.6 Å². The number of hydrogen-bond acceptors (Lipinski definition) is 4. The monoisotopic (exact) mass is 372 g/mol. The van der Waals surface area contributed by atoms with Crippen molar-refractivity contribution in [3.8, 4) is 11.8 Å². The van der Waals surface area contributed by atoms with E-state index in [1.54, 1.807) is 18.2 Å². The Labute approximate surface area is 160 Å². The molecule has 5 nitrogen and oxygen atoms in total. The molecular weight excluding hydrogens is 360 g/mol. The quantitative estimate of drug-likeness (QED) is 0.543. The summed E-state index contributed by atoms with van der Waals surface area (Å²) in [5.41, 5.74) is 1.78. The lowest BCUT2D eigenvalue weighted by Crippen LogP contribution is -2.23. The average molecular weight is 373 g/mol. The van der Waals surface area contributed by atoms with Gasteiger partial charge < -0.3 is 0 Å². The first-order chi connectivity index (χ1) is 13.2. The molecule has 6 heteroatoms. The van der Waals surface area contributed by atoms with E-state index in [-0.39, 0.29) is 5.02 Å². The van der Waals surface area contributed by atoms with Crippen LogP contribution in [0.25, 0.3) is 16.6 Å². The summed E-state index contributed by atoms with van der Waals surface area (Å²) in [7, 11) is 0. The predicted octanol–water partition coefficient (Wildman–Crippen LogP) is 4.09. The Morgan fingerprint density at radius 2 is 1.74 bits per heavy atom. The minimum atomic E-state index is -0.785. The van der Waals surface area contributed by atoms with Crippen LogP contribution < -0.4 is 5.56 Å². The number of aromatic nitrogens is 3. The van der Waals surface area contributed by atoms with Gasteiger partial charge in [0, 0.05) is 10.9 Å². The average Bonchev–Trinajstić information content (AvgIpc) is 2.72. The van der Waals surface area contributed by atoms with Crippen LogP contribution in [0.1, 0.15) is 17.2 Å². The Morgan fingerprint density at radius 3 is 2.52 bits per heavy atom. The molecule has 0 spiro atoms. The Bertz CT molecular complexity index is 1230. The highest BCUT2D eigenvalue weighted by Gasteiger charge is 2.22. The van der Waals surface area contributed by atoms with Crippen LogP contribution in [0.3, 0.4) is 0 Å². The number of fused-ring (bicyclic) bond motifs is 1. The van der Waals surface area contributed by atoms with Gasteiger partial charge in [-0.2, -0.15) is 15.0 Å². The topological polar surface area (TPSA) is 71.6 Å². The third-order valence-electron chi connectivity index (χ3n) is 4.30. The van der Waals surface area contributed by atoms with Crippen LogP contribution in [0.2, 0.25) is 5.02 Å². The van der Waals surface area contributed by atoms with Crippen LogP contribution in [-0.4, -0.2) is 14.8 Å². The first kappa shape index (κ1) is 17.0. The molecule has 4 rings (SSSR count). The second kappa shape index (κ2) is 7.02. The first-order valence-electron chi connectivity index (χ1n) is 8.27. The maximum absolute atomic E-state index is 12.7. The summed E-state index contributed by atoms with van der Waals surface area (Å²) >= 11 is 6.34. The molecular formula is C21H13ClN4O. The minimum absolute atomic E-state index is 0.0321. The largest absolute Gasteiger partial charge is 0.290 e. The predicted molar refractivity (Wildman–Crippen MR) is 104 cm³/mol. The van der Waals surface area contributed by atoms with Crippen LogP contribution in [0.15, 0.2) is 77.7 Å². The summed E-state index contributed by atoms with van der Waals surface area (Å²) in [6.07, 6.45) is 1.46. The molecule has 0 bridgehead atoms. The third-order valence-corrected chi connectivity index (χ3v) is 4.68. The lowest BCUT2D eigenvalue weighted by atomic mass is 9.98. The van der Waals surface area contributed by atoms with E-state index in [0.717, 1.165) is 10.9 Å². The lowest BCUT2D eigenvalue weighted by molar-refractivity contribution is 0.787. The number of para-hydroxylation sites is 2. The lowest BCUT2D eigenvalue weighted by Gasteiger charge is -2.13. The van der Waals surface area contributed by atoms with E-state index in [1.165, 1.54) is 10.9 Å². The van der Waals surface area contributed by atoms with E-state index in [0.29, 0.717) is 16.9 Å². The number of hydrogen-bond donors (Lipinski definition) is 0. The number of nitrogens with zero attached hydrogens (tertiary/aromatic N) is 4. The normalized spacial score (nSPS) is 11.9. The van der Waals surface area contributed by atoms with Gasteiger partial charge in [-0.1, -0.05) is 54.1 Å². The van der Waals surface area contributed by atoms with Crippen molar-refractivity contribution in [2.75, 3.05) is 0 Å². The van der Waals surface area contributed by atoms with Gasteiger partial charge in [-0.05, 0) is 24.3 Å². The van der Waals surface area contributed by atoms with Crippen LogP contribution in [0.4, 0.5) is 0 Å². The number of nitriles is 1. The molecule has 1 unspecified atom stereocenters. The summed E-state index contributed by atoms with van der Waals surface area (Å²) in [5.74, 6) is -0.785. The van der Waals surface area contributed by atoms with E-state index in [1.807, 2.05) is 48.5 Å². The summed E-state index contributed by atoms with van der Waals surface area (Å²) in [4.78, 5) is 17.2. The summed E-state index contributed by atoms with van der Waals surface area (Å²) < 4.78 is 1.22. The van der Waals surface area contributed by atoms with Crippen molar-refractivity contribution in [1.29, 1.82) is 5.26 Å². The number of rotatable bonds is 3. The molecule has 2 heterocycles. The summed E-state index contributed by atoms with van der Waals surface area (Å²) in [6, 6.07) is 22.5. The van der Waals surface area contributed by atoms with Crippen molar-refractivity contribution in [1.82, 2.24) is 14.8 Å². The van der Waals surface area contributed by atoms with Crippen LogP contribution in [0.5, 0.6) is 0 Å². The second-order valence-corrected chi connectivity index (χ2v) is 6.34. The smallest absolute Gasteiger partial charge is 0.266 e. The molecule has 0 aliphatic heterocycles. The molecule has 130 valence electrons. The van der Waals surface area contributed by atoms with Crippen molar-refractivity contribution in [2.45, 2.75) is 5.92 Å². The zero-order valence-corrected chi connectivity index (χ0v) is 14.8. The Morgan fingerprint density at radius 1 is 1.00 bits per heavy atom. The van der Waals surface area contributed by atoms with Crippen molar-refractivity contribution in [3.63, 3.8) is 0 Å². The number of pyridine rings is 1. The maximum atomic E-state index is 12.7. The molecule has 0 saturated heterocycles. The molecule has 0 N–H and O–H groups in total. The van der Waals surface area contributed by atoms with Crippen molar-refractivity contribution in [3.05, 3.63) is 99.6 Å². The molecule has 2 aromatic heterocycles. The Balaban J connectivity index is 1.82. The maximum Gasteiger partial charge on any atom is 0.290 e. The zero-order valence-electron chi connectivity index (χ0n) is 14.1. The molecule has 1 atom stereocenters. The van der Waals surface area contributed by atoms with Gasteiger partial charge in [0.25, 0.3) is 5.56 Å². The highest BCUT2D eigenvalue weighted by molar-refractivity contribution is 6.31. The van der Waals surface area contributed by atoms with Gasteiger partial charge in [0.2, 0.25) is 0 Å². The molecule has 27 heavy (non-hydrogen) atoms. The zero-order chi connectivity index (χ0) is 18.8. The number of benzene rings is 2. The molecule has 4 aromatic rings. The van der Waals surface area contributed by atoms with E-state index in [9.17, 15) is 10.1 Å². The highest BCUT2D eigenvalue weighted by Crippen LogP contribution is 2.27. The molecule has 0 aliphatic rings. The van der Waals surface area contributed by atoms with Gasteiger partial charge in [0.15, 0.2) is 0 Å². The van der Waals surface area contributed by atoms with Gasteiger partial charge in [-0.15, -0.1) is 0 Å². The molecule has 2 aromatic carbocycles. The molecule has 0 radical (unpaired) electrons. The third kappa shape index (κ3) is 3.07. The van der Waals surface area contributed by atoms with Gasteiger partial charge in [0.05, 0.1) is 29.2 Å². The summed E-state index contributed by atoms with van der Waals surface area (Å²) in [6.45, 7) is 0. The van der Waals surface area contributed by atoms with Gasteiger partial charge in [0.1, 0.15) is 10.9 Å².